The summed E-state index contributed by atoms with van der Waals surface area (Å²) in [6.07, 6.45) is 5.94. The summed E-state index contributed by atoms with van der Waals surface area (Å²) in [4.78, 5) is 34.2. The number of hydrogen-bond acceptors (Lipinski definition) is 7. The van der Waals surface area contributed by atoms with Crippen LogP contribution in [0.15, 0.2) is 65.8 Å². The van der Waals surface area contributed by atoms with Gasteiger partial charge in [0.1, 0.15) is 17.4 Å². The van der Waals surface area contributed by atoms with Crippen LogP contribution in [-0.2, 0) is 11.2 Å². The highest BCUT2D eigenvalue weighted by Crippen LogP contribution is 2.15. The third-order valence-electron chi connectivity index (χ3n) is 6.06. The fourth-order valence-electron chi connectivity index (χ4n) is 4.15. The molecule has 10 heteroatoms. The van der Waals surface area contributed by atoms with E-state index >= 15 is 0 Å². The van der Waals surface area contributed by atoms with Crippen LogP contribution in [0.3, 0.4) is 0 Å². The number of rotatable bonds is 6. The van der Waals surface area contributed by atoms with Crippen LogP contribution in [0.1, 0.15) is 12.2 Å². The summed E-state index contributed by atoms with van der Waals surface area (Å²) < 4.78 is 8.35. The Morgan fingerprint density at radius 2 is 1.79 bits per heavy atom. The van der Waals surface area contributed by atoms with Crippen LogP contribution in [-0.4, -0.2) is 68.2 Å². The van der Waals surface area contributed by atoms with Crippen molar-refractivity contribution in [3.05, 3.63) is 77.2 Å². The van der Waals surface area contributed by atoms with Crippen LogP contribution in [0.5, 0.6) is 5.75 Å². The molecule has 1 aliphatic heterocycles. The first-order chi connectivity index (χ1) is 16.6. The van der Waals surface area contributed by atoms with Gasteiger partial charge in [-0.05, 0) is 36.4 Å². The van der Waals surface area contributed by atoms with E-state index < -0.39 is 0 Å². The van der Waals surface area contributed by atoms with E-state index in [0.717, 1.165) is 18.9 Å². The summed E-state index contributed by atoms with van der Waals surface area (Å²) >= 11 is 0. The molecule has 4 heterocycles. The lowest BCUT2D eigenvalue weighted by molar-refractivity contribution is -0.131. The predicted octanol–water partition coefficient (Wildman–Crippen LogP) is 1.57. The van der Waals surface area contributed by atoms with E-state index in [-0.39, 0.29) is 17.1 Å². The van der Waals surface area contributed by atoms with Crippen molar-refractivity contribution in [1.29, 1.82) is 0 Å². The van der Waals surface area contributed by atoms with E-state index in [1.165, 1.54) is 4.57 Å². The average molecular weight is 460 g/mol. The number of aromatic nitrogens is 5. The van der Waals surface area contributed by atoms with Crippen molar-refractivity contribution in [2.45, 2.75) is 12.8 Å². The number of piperazine rings is 1. The molecule has 0 spiro atoms. The number of amides is 1. The summed E-state index contributed by atoms with van der Waals surface area (Å²) in [5.74, 6) is 2.31. The molecule has 1 aromatic carbocycles. The van der Waals surface area contributed by atoms with Crippen molar-refractivity contribution >= 4 is 17.4 Å². The summed E-state index contributed by atoms with van der Waals surface area (Å²) in [5.41, 5.74) is 0.658. The van der Waals surface area contributed by atoms with Gasteiger partial charge in [-0.15, -0.1) is 10.2 Å². The quantitative estimate of drug-likeness (QED) is 0.432. The number of aryl methyl sites for hydroxylation is 1. The first-order valence-corrected chi connectivity index (χ1v) is 11.2. The zero-order chi connectivity index (χ0) is 23.5. The van der Waals surface area contributed by atoms with Gasteiger partial charge in [-0.1, -0.05) is 6.07 Å². The number of carbonyl (C=O) groups is 1. The van der Waals surface area contributed by atoms with Crippen molar-refractivity contribution in [3.63, 3.8) is 0 Å². The Morgan fingerprint density at radius 3 is 2.50 bits per heavy atom. The second-order valence-electron chi connectivity index (χ2n) is 8.04. The Balaban J connectivity index is 1.23. The normalized spacial score (nSPS) is 13.9. The summed E-state index contributed by atoms with van der Waals surface area (Å²) in [7, 11) is 1.60. The third kappa shape index (κ3) is 4.21. The maximum Gasteiger partial charge on any atom is 0.300 e. The van der Waals surface area contributed by atoms with Crippen molar-refractivity contribution in [3.8, 4) is 11.4 Å². The lowest BCUT2D eigenvalue weighted by atomic mass is 10.2. The third-order valence-corrected chi connectivity index (χ3v) is 6.06. The molecule has 0 aliphatic carbocycles. The molecular formula is C24H25N7O3. The number of nitrogens with zero attached hydrogens (tertiary/aromatic N) is 7. The van der Waals surface area contributed by atoms with Crippen LogP contribution in [0.25, 0.3) is 11.3 Å². The second kappa shape index (κ2) is 9.34. The fraction of sp³-hybridized carbons (Fsp3) is 0.292. The van der Waals surface area contributed by atoms with Crippen molar-refractivity contribution in [2.24, 2.45) is 0 Å². The molecule has 1 amide bonds. The zero-order valence-electron chi connectivity index (χ0n) is 18.9. The van der Waals surface area contributed by atoms with E-state index in [9.17, 15) is 9.59 Å². The molecule has 3 aromatic heterocycles. The van der Waals surface area contributed by atoms with Crippen molar-refractivity contribution in [1.82, 2.24) is 29.0 Å². The van der Waals surface area contributed by atoms with Gasteiger partial charge in [-0.2, -0.15) is 0 Å². The molecular weight excluding hydrogens is 434 g/mol. The molecule has 0 atom stereocenters. The maximum atomic E-state index is 13.0. The minimum absolute atomic E-state index is 0.0731. The monoisotopic (exact) mass is 459 g/mol. The highest BCUT2D eigenvalue weighted by Gasteiger charge is 2.22. The number of anilines is 1. The van der Waals surface area contributed by atoms with Gasteiger partial charge in [-0.3, -0.25) is 18.6 Å². The summed E-state index contributed by atoms with van der Waals surface area (Å²) in [5, 5.41) is 8.27. The van der Waals surface area contributed by atoms with Crippen LogP contribution < -0.4 is 15.2 Å². The molecule has 0 unspecified atom stereocenters. The van der Waals surface area contributed by atoms with E-state index in [2.05, 4.69) is 20.1 Å². The fourth-order valence-corrected chi connectivity index (χ4v) is 4.15. The number of methoxy groups -OCH3 is 1. The molecule has 34 heavy (non-hydrogen) atoms. The minimum Gasteiger partial charge on any atom is -0.497 e. The Labute approximate surface area is 196 Å². The lowest BCUT2D eigenvalue weighted by Crippen LogP contribution is -2.49. The molecule has 5 rings (SSSR count). The van der Waals surface area contributed by atoms with Gasteiger partial charge in [0, 0.05) is 63.3 Å². The molecule has 4 aromatic rings. The van der Waals surface area contributed by atoms with Gasteiger partial charge < -0.3 is 14.5 Å². The van der Waals surface area contributed by atoms with Gasteiger partial charge in [0.15, 0.2) is 0 Å². The maximum absolute atomic E-state index is 13.0. The van der Waals surface area contributed by atoms with E-state index in [1.54, 1.807) is 54.4 Å². The standard InChI is InChI=1S/C24H25N7O3/c1-34-19-7-5-18(6-8-19)30-16-17-31-21(26-27-23(31)24(30)33)9-10-22(32)29-14-12-28(13-15-29)20-4-2-3-11-25-20/h2-8,11,16-17H,9-10,12-15H2,1H3. The van der Waals surface area contributed by atoms with Gasteiger partial charge in [0.2, 0.25) is 11.6 Å². The number of ether oxygens (including phenoxy) is 1. The second-order valence-corrected chi connectivity index (χ2v) is 8.04. The van der Waals surface area contributed by atoms with Crippen LogP contribution in [0.2, 0.25) is 0 Å². The highest BCUT2D eigenvalue weighted by molar-refractivity contribution is 5.76. The largest absolute Gasteiger partial charge is 0.497 e. The van der Waals surface area contributed by atoms with Gasteiger partial charge in [0.25, 0.3) is 0 Å². The summed E-state index contributed by atoms with van der Waals surface area (Å²) in [6, 6.07) is 13.0. The number of hydrogen-bond donors (Lipinski definition) is 0. The molecule has 10 nitrogen and oxygen atoms in total. The minimum atomic E-state index is -0.275. The SMILES string of the molecule is COc1ccc(-n2ccn3c(CCC(=O)N4CCN(c5ccccn5)CC4)nnc3c2=O)cc1. The van der Waals surface area contributed by atoms with E-state index in [1.807, 2.05) is 23.1 Å². The molecule has 1 saturated heterocycles. The van der Waals surface area contributed by atoms with Crippen LogP contribution in [0.4, 0.5) is 5.82 Å². The first kappa shape index (κ1) is 21.6. The van der Waals surface area contributed by atoms with Crippen molar-refractivity contribution in [2.75, 3.05) is 38.2 Å². The Morgan fingerprint density at radius 1 is 1.00 bits per heavy atom. The Kier molecular flexibility index (Phi) is 5.94. The first-order valence-electron chi connectivity index (χ1n) is 11.2. The molecule has 0 N–H and O–H groups in total. The number of carbonyl (C=O) groups excluding carboxylic acids is 1. The van der Waals surface area contributed by atoms with Crippen LogP contribution >= 0.6 is 0 Å². The van der Waals surface area contributed by atoms with Crippen molar-refractivity contribution < 1.29 is 9.53 Å². The Bertz CT molecular complexity index is 1340. The smallest absolute Gasteiger partial charge is 0.300 e. The molecule has 1 fully saturated rings. The summed E-state index contributed by atoms with van der Waals surface area (Å²) in [6.45, 7) is 2.81. The number of pyridine rings is 1. The number of fused-ring (bicyclic) bond motifs is 1. The average Bonchev–Trinajstić information content (AvgIpc) is 3.32. The Hall–Kier alpha value is -4.21. The molecule has 0 bridgehead atoms. The van der Waals surface area contributed by atoms with Gasteiger partial charge in [-0.25, -0.2) is 4.98 Å². The number of benzene rings is 1. The molecule has 0 radical (unpaired) electrons. The molecule has 0 saturated carbocycles. The predicted molar refractivity (Wildman–Crippen MR) is 126 cm³/mol. The topological polar surface area (TPSA) is 97.9 Å². The van der Waals surface area contributed by atoms with Gasteiger partial charge >= 0.3 is 5.56 Å². The van der Waals surface area contributed by atoms with Crippen LogP contribution in [0, 0.1) is 0 Å². The zero-order valence-corrected chi connectivity index (χ0v) is 18.9. The molecule has 1 aliphatic rings. The molecule has 174 valence electrons. The van der Waals surface area contributed by atoms with E-state index in [0.29, 0.717) is 43.2 Å². The van der Waals surface area contributed by atoms with E-state index in [4.69, 9.17) is 4.74 Å². The lowest BCUT2D eigenvalue weighted by Gasteiger charge is -2.35. The van der Waals surface area contributed by atoms with Gasteiger partial charge in [0.05, 0.1) is 7.11 Å². The highest BCUT2D eigenvalue weighted by atomic mass is 16.5.